The van der Waals surface area contributed by atoms with E-state index in [1.54, 1.807) is 0 Å². The third-order valence-corrected chi connectivity index (χ3v) is 3.18. The van der Waals surface area contributed by atoms with Crippen molar-refractivity contribution in [3.05, 3.63) is 0 Å². The van der Waals surface area contributed by atoms with E-state index in [1.807, 2.05) is 0 Å². The highest BCUT2D eigenvalue weighted by molar-refractivity contribution is 4.97. The molecular weight excluding hydrogens is 148 g/mol. The van der Waals surface area contributed by atoms with Crippen molar-refractivity contribution < 1.29 is 0 Å². The van der Waals surface area contributed by atoms with Gasteiger partial charge in [-0.2, -0.15) is 0 Å². The molecule has 0 aromatic carbocycles. The monoisotopic (exact) mass is 170 g/mol. The fraction of sp³-hybridized carbons (Fsp3) is 1.00. The molecular formula is C10H22N2. The summed E-state index contributed by atoms with van der Waals surface area (Å²) in [5.74, 6) is 5.53. The van der Waals surface area contributed by atoms with Crippen molar-refractivity contribution in [2.24, 2.45) is 11.3 Å². The van der Waals surface area contributed by atoms with E-state index in [0.717, 1.165) is 0 Å². The molecule has 1 rings (SSSR count). The van der Waals surface area contributed by atoms with Crippen LogP contribution in [0.25, 0.3) is 0 Å². The van der Waals surface area contributed by atoms with Crippen LogP contribution in [-0.4, -0.2) is 6.04 Å². The van der Waals surface area contributed by atoms with Gasteiger partial charge in [0.1, 0.15) is 0 Å². The summed E-state index contributed by atoms with van der Waals surface area (Å²) in [4.78, 5) is 0. The van der Waals surface area contributed by atoms with Crippen LogP contribution in [-0.2, 0) is 0 Å². The molecule has 1 fully saturated rings. The van der Waals surface area contributed by atoms with Crippen LogP contribution >= 0.6 is 0 Å². The molecule has 12 heavy (non-hydrogen) atoms. The predicted molar refractivity (Wildman–Crippen MR) is 52.6 cm³/mol. The SMILES string of the molecule is CCCCCC(NN)C1(C)CC1. The molecule has 1 saturated carbocycles. The first kappa shape index (κ1) is 10.0. The average molecular weight is 170 g/mol. The minimum atomic E-state index is 0.530. The van der Waals surface area contributed by atoms with Gasteiger partial charge in [0.25, 0.3) is 0 Å². The fourth-order valence-corrected chi connectivity index (χ4v) is 1.78. The van der Waals surface area contributed by atoms with Crippen molar-refractivity contribution in [3.8, 4) is 0 Å². The van der Waals surface area contributed by atoms with Crippen LogP contribution in [0.15, 0.2) is 0 Å². The Morgan fingerprint density at radius 1 is 1.42 bits per heavy atom. The van der Waals surface area contributed by atoms with Crippen molar-refractivity contribution in [1.82, 2.24) is 5.43 Å². The van der Waals surface area contributed by atoms with Crippen LogP contribution in [0, 0.1) is 5.41 Å². The van der Waals surface area contributed by atoms with Gasteiger partial charge in [0, 0.05) is 6.04 Å². The summed E-state index contributed by atoms with van der Waals surface area (Å²) in [6, 6.07) is 0.559. The van der Waals surface area contributed by atoms with E-state index in [2.05, 4.69) is 19.3 Å². The summed E-state index contributed by atoms with van der Waals surface area (Å²) in [7, 11) is 0. The number of hydrogen-bond donors (Lipinski definition) is 2. The van der Waals surface area contributed by atoms with E-state index >= 15 is 0 Å². The Bertz CT molecular complexity index is 130. The van der Waals surface area contributed by atoms with Crippen molar-refractivity contribution in [2.75, 3.05) is 0 Å². The van der Waals surface area contributed by atoms with Gasteiger partial charge in [0.05, 0.1) is 0 Å². The van der Waals surface area contributed by atoms with Crippen LogP contribution in [0.1, 0.15) is 52.4 Å². The number of nitrogens with two attached hydrogens (primary N) is 1. The lowest BCUT2D eigenvalue weighted by molar-refractivity contribution is 0.332. The van der Waals surface area contributed by atoms with E-state index in [0.29, 0.717) is 11.5 Å². The van der Waals surface area contributed by atoms with Crippen LogP contribution in [0.4, 0.5) is 0 Å². The highest BCUT2D eigenvalue weighted by atomic mass is 15.2. The zero-order valence-electron chi connectivity index (χ0n) is 8.40. The van der Waals surface area contributed by atoms with Crippen LogP contribution in [0.3, 0.4) is 0 Å². The quantitative estimate of drug-likeness (QED) is 0.364. The normalized spacial score (nSPS) is 22.2. The smallest absolute Gasteiger partial charge is 0.0264 e. The van der Waals surface area contributed by atoms with Crippen molar-refractivity contribution >= 4 is 0 Å². The van der Waals surface area contributed by atoms with Gasteiger partial charge in [-0.05, 0) is 24.7 Å². The van der Waals surface area contributed by atoms with E-state index < -0.39 is 0 Å². The van der Waals surface area contributed by atoms with Gasteiger partial charge >= 0.3 is 0 Å². The molecule has 0 radical (unpaired) electrons. The molecule has 0 aromatic heterocycles. The lowest BCUT2D eigenvalue weighted by Gasteiger charge is -2.22. The number of hydrogen-bond acceptors (Lipinski definition) is 2. The Kier molecular flexibility index (Phi) is 3.53. The maximum Gasteiger partial charge on any atom is 0.0264 e. The summed E-state index contributed by atoms with van der Waals surface area (Å²) >= 11 is 0. The van der Waals surface area contributed by atoms with E-state index in [4.69, 9.17) is 5.84 Å². The molecule has 0 bridgehead atoms. The van der Waals surface area contributed by atoms with Gasteiger partial charge < -0.3 is 0 Å². The zero-order valence-corrected chi connectivity index (χ0v) is 8.40. The minimum absolute atomic E-state index is 0.530. The van der Waals surface area contributed by atoms with E-state index in [1.165, 1.54) is 38.5 Å². The molecule has 1 aliphatic rings. The third kappa shape index (κ3) is 2.46. The molecule has 0 amide bonds. The molecule has 3 N–H and O–H groups in total. The largest absolute Gasteiger partial charge is 0.271 e. The van der Waals surface area contributed by atoms with E-state index in [-0.39, 0.29) is 0 Å². The van der Waals surface area contributed by atoms with Gasteiger partial charge in [-0.15, -0.1) is 0 Å². The Morgan fingerprint density at radius 3 is 2.50 bits per heavy atom. The predicted octanol–water partition coefficient (Wildman–Crippen LogP) is 2.20. The average Bonchev–Trinajstić information content (AvgIpc) is 2.78. The molecule has 1 unspecified atom stereocenters. The van der Waals surface area contributed by atoms with Gasteiger partial charge in [0.2, 0.25) is 0 Å². The molecule has 2 nitrogen and oxygen atoms in total. The number of hydrazine groups is 1. The third-order valence-electron chi connectivity index (χ3n) is 3.18. The van der Waals surface area contributed by atoms with Crippen LogP contribution in [0.2, 0.25) is 0 Å². The minimum Gasteiger partial charge on any atom is -0.271 e. The Balaban J connectivity index is 2.17. The summed E-state index contributed by atoms with van der Waals surface area (Å²) in [6.07, 6.45) is 7.92. The van der Waals surface area contributed by atoms with Gasteiger partial charge in [0.15, 0.2) is 0 Å². The summed E-state index contributed by atoms with van der Waals surface area (Å²) in [5, 5.41) is 0. The highest BCUT2D eigenvalue weighted by Gasteiger charge is 2.43. The lowest BCUT2D eigenvalue weighted by atomic mass is 9.94. The van der Waals surface area contributed by atoms with Crippen LogP contribution < -0.4 is 11.3 Å². The Hall–Kier alpha value is -0.0800. The molecule has 0 spiro atoms. The molecule has 2 heteroatoms. The first-order valence-electron chi connectivity index (χ1n) is 5.19. The Morgan fingerprint density at radius 2 is 2.08 bits per heavy atom. The van der Waals surface area contributed by atoms with Crippen molar-refractivity contribution in [2.45, 2.75) is 58.4 Å². The molecule has 1 aliphatic carbocycles. The second kappa shape index (κ2) is 4.24. The molecule has 1 atom stereocenters. The molecule has 0 aromatic rings. The van der Waals surface area contributed by atoms with Crippen molar-refractivity contribution in [3.63, 3.8) is 0 Å². The van der Waals surface area contributed by atoms with Gasteiger partial charge in [-0.3, -0.25) is 11.3 Å². The highest BCUT2D eigenvalue weighted by Crippen LogP contribution is 2.49. The lowest BCUT2D eigenvalue weighted by Crippen LogP contribution is -2.40. The number of rotatable bonds is 6. The zero-order chi connectivity index (χ0) is 9.03. The first-order valence-corrected chi connectivity index (χ1v) is 5.19. The summed E-state index contributed by atoms with van der Waals surface area (Å²) in [5.41, 5.74) is 3.49. The molecule has 0 heterocycles. The van der Waals surface area contributed by atoms with Gasteiger partial charge in [-0.25, -0.2) is 0 Å². The number of unbranched alkanes of at least 4 members (excludes halogenated alkanes) is 2. The summed E-state index contributed by atoms with van der Waals surface area (Å²) < 4.78 is 0. The second-order valence-corrected chi connectivity index (χ2v) is 4.37. The molecule has 0 aliphatic heterocycles. The van der Waals surface area contributed by atoms with Crippen molar-refractivity contribution in [1.29, 1.82) is 0 Å². The standard InChI is InChI=1S/C10H22N2/c1-3-4-5-6-9(12-11)10(2)7-8-10/h9,12H,3-8,11H2,1-2H3. The molecule has 0 saturated heterocycles. The maximum atomic E-state index is 5.53. The first-order chi connectivity index (χ1) is 5.73. The maximum absolute atomic E-state index is 5.53. The Labute approximate surface area is 75.9 Å². The number of nitrogens with one attached hydrogen (secondary N) is 1. The topological polar surface area (TPSA) is 38.0 Å². The van der Waals surface area contributed by atoms with Crippen LogP contribution in [0.5, 0.6) is 0 Å². The van der Waals surface area contributed by atoms with Gasteiger partial charge in [-0.1, -0.05) is 33.1 Å². The fourth-order valence-electron chi connectivity index (χ4n) is 1.78. The summed E-state index contributed by atoms with van der Waals surface area (Å²) in [6.45, 7) is 4.58. The molecule has 72 valence electrons. The second-order valence-electron chi connectivity index (χ2n) is 4.37. The van der Waals surface area contributed by atoms with E-state index in [9.17, 15) is 0 Å².